The molecule has 1 amide bonds. The van der Waals surface area contributed by atoms with Gasteiger partial charge in [-0.1, -0.05) is 0 Å². The van der Waals surface area contributed by atoms with Crippen LogP contribution in [-0.4, -0.2) is 29.7 Å². The topological polar surface area (TPSA) is 88.6 Å². The number of aryl methyl sites for hydroxylation is 1. The molecular formula is C12H17N3O3. The van der Waals surface area contributed by atoms with Crippen LogP contribution in [0.3, 0.4) is 0 Å². The number of rotatable bonds is 3. The molecule has 0 spiro atoms. The summed E-state index contributed by atoms with van der Waals surface area (Å²) in [5.41, 5.74) is 2.82. The number of nitrogens with two attached hydrogens (primary N) is 1. The van der Waals surface area contributed by atoms with E-state index < -0.39 is 5.91 Å². The lowest BCUT2D eigenvalue weighted by atomic mass is 10.1. The average Bonchev–Trinajstić information content (AvgIpc) is 2.72. The molecule has 0 atom stereocenters. The summed E-state index contributed by atoms with van der Waals surface area (Å²) < 4.78 is 5.48. The number of nitrogens with zero attached hydrogens (tertiary/aromatic N) is 1. The summed E-state index contributed by atoms with van der Waals surface area (Å²) in [5, 5.41) is 0. The van der Waals surface area contributed by atoms with Gasteiger partial charge in [-0.3, -0.25) is 19.9 Å². The fraction of sp³-hybridized carbons (Fsp3) is 0.500. The first-order chi connectivity index (χ1) is 8.60. The highest BCUT2D eigenvalue weighted by Gasteiger charge is 2.19. The van der Waals surface area contributed by atoms with Gasteiger partial charge in [-0.05, 0) is 13.0 Å². The summed E-state index contributed by atoms with van der Waals surface area (Å²) in [7, 11) is 0. The smallest absolute Gasteiger partial charge is 0.301 e. The molecule has 6 nitrogen and oxygen atoms in total. The van der Waals surface area contributed by atoms with Crippen molar-refractivity contribution in [3.05, 3.63) is 23.2 Å². The molecule has 1 aromatic rings. The second-order valence-corrected chi connectivity index (χ2v) is 4.51. The van der Waals surface area contributed by atoms with Crippen LogP contribution in [-0.2, 0) is 11.3 Å². The van der Waals surface area contributed by atoms with Crippen LogP contribution in [0.1, 0.15) is 34.7 Å². The zero-order chi connectivity index (χ0) is 13.1. The van der Waals surface area contributed by atoms with Crippen molar-refractivity contribution in [3.63, 3.8) is 0 Å². The van der Waals surface area contributed by atoms with E-state index in [2.05, 4.69) is 10.3 Å². The number of nitrogens with one attached hydrogen (secondary N) is 1. The van der Waals surface area contributed by atoms with Gasteiger partial charge in [-0.25, -0.2) is 5.84 Å². The third-order valence-electron chi connectivity index (χ3n) is 3.10. The Morgan fingerprint density at radius 3 is 2.78 bits per heavy atom. The maximum Gasteiger partial charge on any atom is 0.301 e. The van der Waals surface area contributed by atoms with Gasteiger partial charge >= 0.3 is 5.91 Å². The van der Waals surface area contributed by atoms with E-state index in [1.54, 1.807) is 6.92 Å². The van der Waals surface area contributed by atoms with Gasteiger partial charge in [-0.2, -0.15) is 0 Å². The number of amides is 1. The van der Waals surface area contributed by atoms with Crippen molar-refractivity contribution in [3.8, 4) is 0 Å². The van der Waals surface area contributed by atoms with Crippen LogP contribution in [0.2, 0.25) is 0 Å². The van der Waals surface area contributed by atoms with E-state index in [0.29, 0.717) is 25.2 Å². The zero-order valence-corrected chi connectivity index (χ0v) is 10.4. The number of hydrazine groups is 1. The Labute approximate surface area is 105 Å². The van der Waals surface area contributed by atoms with E-state index in [4.69, 9.17) is 10.3 Å². The lowest BCUT2D eigenvalue weighted by molar-refractivity contribution is -0.121. The molecule has 0 radical (unpaired) electrons. The van der Waals surface area contributed by atoms with Crippen LogP contribution in [0.5, 0.6) is 0 Å². The Morgan fingerprint density at radius 2 is 2.17 bits per heavy atom. The summed E-state index contributed by atoms with van der Waals surface area (Å²) in [6.45, 7) is 3.91. The lowest BCUT2D eigenvalue weighted by Gasteiger charge is -2.24. The van der Waals surface area contributed by atoms with Gasteiger partial charge < -0.3 is 4.42 Å². The van der Waals surface area contributed by atoms with Crippen LogP contribution in [0.25, 0.3) is 0 Å². The Kier molecular flexibility index (Phi) is 3.78. The summed E-state index contributed by atoms with van der Waals surface area (Å²) in [4.78, 5) is 24.7. The SMILES string of the molecule is Cc1cc(CN2CCC(=O)CC2)oc1C(=O)NN. The van der Waals surface area contributed by atoms with Crippen LogP contribution in [0.15, 0.2) is 10.5 Å². The van der Waals surface area contributed by atoms with E-state index >= 15 is 0 Å². The Morgan fingerprint density at radius 1 is 1.50 bits per heavy atom. The number of carbonyl (C=O) groups excluding carboxylic acids is 2. The summed E-state index contributed by atoms with van der Waals surface area (Å²) >= 11 is 0. The molecule has 1 aliphatic heterocycles. The van der Waals surface area contributed by atoms with E-state index in [1.165, 1.54) is 0 Å². The zero-order valence-electron chi connectivity index (χ0n) is 10.4. The molecule has 98 valence electrons. The van der Waals surface area contributed by atoms with Gasteiger partial charge in [0, 0.05) is 31.5 Å². The van der Waals surface area contributed by atoms with Gasteiger partial charge in [0.25, 0.3) is 0 Å². The van der Waals surface area contributed by atoms with Gasteiger partial charge in [0.1, 0.15) is 11.5 Å². The molecule has 0 saturated carbocycles. The average molecular weight is 251 g/mol. The number of nitrogen functional groups attached to an aromatic ring is 1. The maximum atomic E-state index is 11.4. The predicted octanol–water partition coefficient (Wildman–Crippen LogP) is 0.356. The van der Waals surface area contributed by atoms with E-state index in [1.807, 2.05) is 6.07 Å². The molecule has 1 saturated heterocycles. The lowest BCUT2D eigenvalue weighted by Crippen LogP contribution is -2.33. The third kappa shape index (κ3) is 2.77. The standard InChI is InChI=1S/C12H17N3O3/c1-8-6-10(18-11(8)12(17)14-13)7-15-4-2-9(16)3-5-15/h6H,2-5,7,13H2,1H3,(H,14,17). The highest BCUT2D eigenvalue weighted by atomic mass is 16.4. The maximum absolute atomic E-state index is 11.4. The normalized spacial score (nSPS) is 16.9. The molecule has 2 heterocycles. The van der Waals surface area contributed by atoms with Gasteiger partial charge in [0.2, 0.25) is 0 Å². The monoisotopic (exact) mass is 251 g/mol. The first-order valence-corrected chi connectivity index (χ1v) is 5.94. The van der Waals surface area contributed by atoms with Gasteiger partial charge in [-0.15, -0.1) is 0 Å². The number of piperidine rings is 1. The predicted molar refractivity (Wildman–Crippen MR) is 64.6 cm³/mol. The van der Waals surface area contributed by atoms with Crippen molar-refractivity contribution in [2.75, 3.05) is 13.1 Å². The van der Waals surface area contributed by atoms with Crippen molar-refractivity contribution in [1.82, 2.24) is 10.3 Å². The number of likely N-dealkylation sites (tertiary alicyclic amines) is 1. The molecule has 1 aliphatic rings. The molecule has 0 aliphatic carbocycles. The minimum Gasteiger partial charge on any atom is -0.454 e. The molecule has 1 fully saturated rings. The molecule has 0 bridgehead atoms. The number of Topliss-reactive ketones (excluding diaryl/α,β-unsaturated/α-hetero) is 1. The fourth-order valence-electron chi connectivity index (χ4n) is 2.10. The Balaban J connectivity index is 2.02. The molecular weight excluding hydrogens is 234 g/mol. The third-order valence-corrected chi connectivity index (χ3v) is 3.10. The van der Waals surface area contributed by atoms with Gasteiger partial charge in [0.05, 0.1) is 6.54 Å². The highest BCUT2D eigenvalue weighted by Crippen LogP contribution is 2.17. The first-order valence-electron chi connectivity index (χ1n) is 5.94. The summed E-state index contributed by atoms with van der Waals surface area (Å²) in [6.07, 6.45) is 1.19. The minimum atomic E-state index is -0.424. The first kappa shape index (κ1) is 12.8. The fourth-order valence-corrected chi connectivity index (χ4v) is 2.10. The number of hydrogen-bond acceptors (Lipinski definition) is 5. The number of carbonyl (C=O) groups is 2. The molecule has 18 heavy (non-hydrogen) atoms. The quantitative estimate of drug-likeness (QED) is 0.460. The molecule has 6 heteroatoms. The van der Waals surface area contributed by atoms with Crippen molar-refractivity contribution >= 4 is 11.7 Å². The number of ketones is 1. The highest BCUT2D eigenvalue weighted by molar-refractivity contribution is 5.92. The molecule has 1 aromatic heterocycles. The van der Waals surface area contributed by atoms with Crippen molar-refractivity contribution in [2.45, 2.75) is 26.3 Å². The molecule has 3 N–H and O–H groups in total. The Hall–Kier alpha value is -1.66. The Bertz CT molecular complexity index is 457. The second kappa shape index (κ2) is 5.32. The van der Waals surface area contributed by atoms with Crippen molar-refractivity contribution in [2.24, 2.45) is 5.84 Å². The summed E-state index contributed by atoms with van der Waals surface area (Å²) in [5.74, 6) is 5.93. The van der Waals surface area contributed by atoms with Gasteiger partial charge in [0.15, 0.2) is 5.76 Å². The van der Waals surface area contributed by atoms with Crippen molar-refractivity contribution < 1.29 is 14.0 Å². The number of hydrogen-bond donors (Lipinski definition) is 2. The molecule has 0 unspecified atom stereocenters. The minimum absolute atomic E-state index is 0.251. The van der Waals surface area contributed by atoms with E-state index in [0.717, 1.165) is 24.4 Å². The van der Waals surface area contributed by atoms with Crippen LogP contribution in [0, 0.1) is 6.92 Å². The van der Waals surface area contributed by atoms with Crippen LogP contribution in [0.4, 0.5) is 0 Å². The second-order valence-electron chi connectivity index (χ2n) is 4.51. The van der Waals surface area contributed by atoms with Crippen molar-refractivity contribution in [1.29, 1.82) is 0 Å². The molecule has 0 aromatic carbocycles. The molecule has 2 rings (SSSR count). The van der Waals surface area contributed by atoms with E-state index in [-0.39, 0.29) is 5.76 Å². The van der Waals surface area contributed by atoms with Crippen LogP contribution >= 0.6 is 0 Å². The van der Waals surface area contributed by atoms with Crippen LogP contribution < -0.4 is 11.3 Å². The van der Waals surface area contributed by atoms with E-state index in [9.17, 15) is 9.59 Å². The number of furan rings is 1. The summed E-state index contributed by atoms with van der Waals surface area (Å²) in [6, 6.07) is 1.83. The largest absolute Gasteiger partial charge is 0.454 e.